The maximum absolute atomic E-state index is 13.9. The molecule has 8 aliphatic rings. The zero-order valence-electron chi connectivity index (χ0n) is 47.7. The highest BCUT2D eigenvalue weighted by atomic mass is 16.8. The summed E-state index contributed by atoms with van der Waals surface area (Å²) in [4.78, 5) is 40.3. The third-order valence-electron chi connectivity index (χ3n) is 21.4. The highest BCUT2D eigenvalue weighted by Gasteiger charge is 2.76. The van der Waals surface area contributed by atoms with Crippen LogP contribution in [-0.4, -0.2) is 216 Å². The molecule has 0 radical (unpaired) electrons. The number of aliphatic hydroxyl groups is 11. The number of allylic oxidation sites excluding steroid dienone is 3. The highest BCUT2D eigenvalue weighted by molar-refractivity contribution is 5.89. The summed E-state index contributed by atoms with van der Waals surface area (Å²) >= 11 is 0. The molecule has 454 valence electrons. The first kappa shape index (κ1) is 63.0. The monoisotopic (exact) mass is 1140 g/mol. The minimum absolute atomic E-state index is 0.153. The third kappa shape index (κ3) is 9.76. The van der Waals surface area contributed by atoms with Gasteiger partial charge >= 0.3 is 17.9 Å². The largest absolute Gasteiger partial charge is 0.479 e. The first-order chi connectivity index (χ1) is 37.3. The Balaban J connectivity index is 1.14. The molecule has 0 aromatic heterocycles. The van der Waals surface area contributed by atoms with Crippen LogP contribution in [0.15, 0.2) is 34.9 Å². The van der Waals surface area contributed by atoms with E-state index >= 15 is 0 Å². The molecule has 80 heavy (non-hydrogen) atoms. The first-order valence-corrected chi connectivity index (χ1v) is 28.1. The van der Waals surface area contributed by atoms with Gasteiger partial charge in [-0.25, -0.2) is 14.4 Å². The number of carboxylic acid groups (broad SMARTS) is 1. The number of carbonyl (C=O) groups is 3. The van der Waals surface area contributed by atoms with Crippen LogP contribution in [0.25, 0.3) is 0 Å². The Morgan fingerprint density at radius 2 is 1.18 bits per heavy atom. The molecular formula is C57H88O23. The number of carbonyl (C=O) groups excluding carboxylic acids is 2. The van der Waals surface area contributed by atoms with Crippen LogP contribution in [-0.2, 0) is 52.3 Å². The third-order valence-corrected chi connectivity index (χ3v) is 21.4. The molecule has 0 aromatic rings. The topological polar surface area (TPSA) is 368 Å². The molecule has 23 nitrogen and oxygen atoms in total. The Bertz CT molecular complexity index is 2390. The Morgan fingerprint density at radius 1 is 0.637 bits per heavy atom. The number of hydrogen-bond acceptors (Lipinski definition) is 22. The fourth-order valence-electron chi connectivity index (χ4n) is 16.2. The fourth-order valence-corrected chi connectivity index (χ4v) is 16.2. The van der Waals surface area contributed by atoms with Gasteiger partial charge in [-0.05, 0) is 100 Å². The Morgan fingerprint density at radius 3 is 1.71 bits per heavy atom. The van der Waals surface area contributed by atoms with E-state index in [0.717, 1.165) is 5.57 Å². The van der Waals surface area contributed by atoms with Crippen molar-refractivity contribution in [3.8, 4) is 0 Å². The summed E-state index contributed by atoms with van der Waals surface area (Å²) < 4.78 is 49.0. The molecule has 3 heterocycles. The van der Waals surface area contributed by atoms with Crippen LogP contribution >= 0.6 is 0 Å². The van der Waals surface area contributed by atoms with Crippen molar-refractivity contribution >= 4 is 17.9 Å². The van der Waals surface area contributed by atoms with Gasteiger partial charge in [0.2, 0.25) is 0 Å². The molecule has 3 aliphatic heterocycles. The predicted octanol–water partition coefficient (Wildman–Crippen LogP) is 0.263. The molecular weight excluding hydrogens is 1050 g/mol. The molecule has 17 unspecified atom stereocenters. The summed E-state index contributed by atoms with van der Waals surface area (Å²) in [6, 6.07) is 0. The van der Waals surface area contributed by atoms with Crippen LogP contribution in [0, 0.1) is 50.2 Å². The van der Waals surface area contributed by atoms with Gasteiger partial charge in [0.1, 0.15) is 67.1 Å². The van der Waals surface area contributed by atoms with E-state index in [1.54, 1.807) is 39.8 Å². The first-order valence-electron chi connectivity index (χ1n) is 28.1. The van der Waals surface area contributed by atoms with E-state index in [2.05, 4.69) is 19.9 Å². The van der Waals surface area contributed by atoms with Crippen LogP contribution in [0.5, 0.6) is 0 Å². The number of carboxylic acids is 1. The Labute approximate surface area is 466 Å². The zero-order valence-corrected chi connectivity index (χ0v) is 47.7. The van der Waals surface area contributed by atoms with E-state index in [-0.39, 0.29) is 23.8 Å². The van der Waals surface area contributed by atoms with Crippen molar-refractivity contribution in [1.82, 2.24) is 0 Å². The normalized spacial score (nSPS) is 49.0. The van der Waals surface area contributed by atoms with Crippen molar-refractivity contribution in [1.29, 1.82) is 0 Å². The minimum atomic E-state index is -2.13. The molecule has 8 rings (SSSR count). The number of esters is 2. The van der Waals surface area contributed by atoms with Crippen LogP contribution < -0.4 is 0 Å². The maximum atomic E-state index is 13.9. The van der Waals surface area contributed by atoms with Gasteiger partial charge in [-0.1, -0.05) is 72.3 Å². The molecule has 4 saturated carbocycles. The predicted molar refractivity (Wildman–Crippen MR) is 277 cm³/mol. The lowest BCUT2D eigenvalue weighted by atomic mass is 9.32. The molecule has 26 atom stereocenters. The number of aliphatic hydroxyl groups excluding tert-OH is 11. The smallest absolute Gasteiger partial charge is 0.335 e. The lowest BCUT2D eigenvalue weighted by Gasteiger charge is -2.73. The van der Waals surface area contributed by atoms with Crippen molar-refractivity contribution in [2.24, 2.45) is 50.2 Å². The second-order valence-electron chi connectivity index (χ2n) is 26.0. The van der Waals surface area contributed by atoms with Gasteiger partial charge in [0.15, 0.2) is 31.1 Å². The molecule has 0 bridgehead atoms. The molecule has 3 saturated heterocycles. The summed E-state index contributed by atoms with van der Waals surface area (Å²) in [6.07, 6.45) is -24.0. The van der Waals surface area contributed by atoms with Crippen molar-refractivity contribution in [2.75, 3.05) is 19.8 Å². The van der Waals surface area contributed by atoms with Crippen LogP contribution in [0.3, 0.4) is 0 Å². The number of ether oxygens (including phenoxy) is 8. The van der Waals surface area contributed by atoms with Gasteiger partial charge in [-0.15, -0.1) is 0 Å². The van der Waals surface area contributed by atoms with Gasteiger partial charge in [0.05, 0.1) is 43.5 Å². The molecule has 0 amide bonds. The molecule has 12 N–H and O–H groups in total. The van der Waals surface area contributed by atoms with E-state index in [1.807, 2.05) is 34.6 Å². The van der Waals surface area contributed by atoms with Gasteiger partial charge in [-0.3, -0.25) is 0 Å². The highest BCUT2D eigenvalue weighted by Crippen LogP contribution is 2.76. The molecule has 7 fully saturated rings. The van der Waals surface area contributed by atoms with Crippen LogP contribution in [0.2, 0.25) is 0 Å². The van der Waals surface area contributed by atoms with Gasteiger partial charge in [0.25, 0.3) is 0 Å². The Kier molecular flexibility index (Phi) is 17.9. The number of hydrogen-bond donors (Lipinski definition) is 12. The van der Waals surface area contributed by atoms with Crippen LogP contribution in [0.4, 0.5) is 0 Å². The summed E-state index contributed by atoms with van der Waals surface area (Å²) in [6.45, 7) is 18.4. The molecule has 23 heteroatoms. The fraction of sp³-hybridized carbons (Fsp3) is 0.842. The number of aliphatic carboxylic acids is 1. The van der Waals surface area contributed by atoms with E-state index in [4.69, 9.17) is 37.9 Å². The average Bonchev–Trinajstić information content (AvgIpc) is 3.72. The average molecular weight is 1140 g/mol. The molecule has 0 spiro atoms. The minimum Gasteiger partial charge on any atom is -0.479 e. The molecule has 0 aromatic carbocycles. The zero-order chi connectivity index (χ0) is 59.3. The summed E-state index contributed by atoms with van der Waals surface area (Å²) in [5.74, 6) is -4.01. The van der Waals surface area contributed by atoms with E-state index in [9.17, 15) is 75.7 Å². The maximum Gasteiger partial charge on any atom is 0.335 e. The number of fused-ring (bicyclic) bond motifs is 7. The summed E-state index contributed by atoms with van der Waals surface area (Å²) in [7, 11) is 0. The van der Waals surface area contributed by atoms with Gasteiger partial charge in [-0.2, -0.15) is 0 Å². The quantitative estimate of drug-likeness (QED) is 0.0480. The lowest BCUT2D eigenvalue weighted by molar-refractivity contribution is -0.386. The van der Waals surface area contributed by atoms with Crippen molar-refractivity contribution in [2.45, 2.75) is 231 Å². The second kappa shape index (κ2) is 22.7. The standard InChI is InChI=1S/C57H88O23/c1-12-24(3)47(71)79-44-45(80-48(72)25(4)13-2)57(23-60)27(20-52(44,5)6)26-14-15-31-54(9)18-17-32(53(7,8)30(54)16-19-55(31,10)56(26,11)42(67)43(57)68)75-51-41(78-50-37(65)35(63)33(61)28(21-58)73-50)39(38(66)40(77-51)46(69)70)76-49-36(64)34(62)29(22-59)74-49/h12-14,27-45,49-51,58-68H,15-23H2,1-11H3,(H,69,70)/b24-12-,25-13-/t27?,28?,29?,30?,31?,32-,33?,34?,35?,36?,37?,38?,39?,40?,41?,42-,43+,44-,45-,49?,50?,51?,54-,55+,56-,57-/m0/s1. The SMILES string of the molecule is C/C=C(/C)C(=O)O[C@H]1[C@H](OC(=O)/C(C)=C\C)[C@@]2(CO)C(CC1(C)C)C1=CCC3[C@@]4(C)CC[C@H](OC5OC(C(=O)O)C(O)C(OC6OC(CO)C(O)C6O)C5OC5OC(CO)C(O)C(O)C5O)C(C)(C)C4CC[C@@]3(C)[C@]1(C)[C@@H](O)[C@H]2O. The van der Waals surface area contributed by atoms with E-state index < -0.39 is 193 Å². The second-order valence-corrected chi connectivity index (χ2v) is 26.0. The Hall–Kier alpha value is -3.05. The van der Waals surface area contributed by atoms with E-state index in [1.165, 1.54) is 0 Å². The van der Waals surface area contributed by atoms with Crippen molar-refractivity contribution in [3.63, 3.8) is 0 Å². The lowest BCUT2D eigenvalue weighted by Crippen LogP contribution is -2.76. The van der Waals surface area contributed by atoms with Crippen molar-refractivity contribution < 1.29 is 114 Å². The van der Waals surface area contributed by atoms with Gasteiger partial charge in [0, 0.05) is 22.0 Å². The van der Waals surface area contributed by atoms with Crippen molar-refractivity contribution in [3.05, 3.63) is 34.9 Å². The summed E-state index contributed by atoms with van der Waals surface area (Å²) in [5.41, 5.74) is -4.40. The van der Waals surface area contributed by atoms with Crippen LogP contribution in [0.1, 0.15) is 115 Å². The molecule has 5 aliphatic carbocycles. The van der Waals surface area contributed by atoms with E-state index in [0.29, 0.717) is 37.7 Å². The number of rotatable bonds is 14. The van der Waals surface area contributed by atoms with Gasteiger partial charge < -0.3 is 99.2 Å². The summed E-state index contributed by atoms with van der Waals surface area (Å²) in [5, 5.41) is 134.